The molecule has 2 atom stereocenters. The predicted octanol–water partition coefficient (Wildman–Crippen LogP) is 2.83. The van der Waals surface area contributed by atoms with Crippen LogP contribution in [0.25, 0.3) is 11.0 Å². The SMILES string of the molecule is Cn1ncc2c(N3CCCCCC3CC(O)c3ccco3)ncnc21. The van der Waals surface area contributed by atoms with Crippen LogP contribution in [0.1, 0.15) is 44.0 Å². The molecule has 25 heavy (non-hydrogen) atoms. The Balaban J connectivity index is 1.66. The van der Waals surface area contributed by atoms with Gasteiger partial charge in [0.25, 0.3) is 0 Å². The summed E-state index contributed by atoms with van der Waals surface area (Å²) in [6.45, 7) is 0.927. The van der Waals surface area contributed by atoms with Gasteiger partial charge in [-0.3, -0.25) is 4.68 Å². The van der Waals surface area contributed by atoms with Gasteiger partial charge < -0.3 is 14.4 Å². The molecule has 132 valence electrons. The zero-order valence-electron chi connectivity index (χ0n) is 14.4. The first kappa shape index (κ1) is 16.1. The van der Waals surface area contributed by atoms with Crippen LogP contribution in [0.15, 0.2) is 35.3 Å². The van der Waals surface area contributed by atoms with Crippen molar-refractivity contribution in [3.05, 3.63) is 36.7 Å². The van der Waals surface area contributed by atoms with Gasteiger partial charge in [-0.1, -0.05) is 12.8 Å². The van der Waals surface area contributed by atoms with Gasteiger partial charge in [0.2, 0.25) is 0 Å². The molecule has 1 aliphatic rings. The molecule has 0 saturated carbocycles. The van der Waals surface area contributed by atoms with E-state index in [1.54, 1.807) is 17.3 Å². The summed E-state index contributed by atoms with van der Waals surface area (Å²) in [6, 6.07) is 3.85. The molecule has 3 aromatic rings. The number of aryl methyl sites for hydroxylation is 1. The van der Waals surface area contributed by atoms with Gasteiger partial charge >= 0.3 is 0 Å². The molecule has 4 heterocycles. The largest absolute Gasteiger partial charge is 0.467 e. The van der Waals surface area contributed by atoms with Crippen LogP contribution < -0.4 is 4.90 Å². The van der Waals surface area contributed by atoms with Crippen molar-refractivity contribution in [2.45, 2.75) is 44.2 Å². The van der Waals surface area contributed by atoms with Crippen LogP contribution in [0.3, 0.4) is 0 Å². The molecule has 0 aliphatic carbocycles. The van der Waals surface area contributed by atoms with E-state index < -0.39 is 6.10 Å². The minimum absolute atomic E-state index is 0.209. The van der Waals surface area contributed by atoms with Crippen molar-refractivity contribution >= 4 is 16.9 Å². The summed E-state index contributed by atoms with van der Waals surface area (Å²) in [5, 5.41) is 15.9. The van der Waals surface area contributed by atoms with Crippen LogP contribution in [0.4, 0.5) is 5.82 Å². The maximum absolute atomic E-state index is 10.6. The number of hydrogen-bond donors (Lipinski definition) is 1. The molecule has 1 saturated heterocycles. The standard InChI is InChI=1S/C18H23N5O2/c1-22-17-14(11-21-22)18(20-12-19-17)23-8-4-2-3-6-13(23)10-15(24)16-7-5-9-25-16/h5,7,9,11-13,15,24H,2-4,6,8,10H2,1H3. The summed E-state index contributed by atoms with van der Waals surface area (Å²) in [4.78, 5) is 11.2. The molecule has 7 heteroatoms. The van der Waals surface area contributed by atoms with Crippen molar-refractivity contribution in [1.82, 2.24) is 19.7 Å². The molecule has 0 radical (unpaired) electrons. The lowest BCUT2D eigenvalue weighted by atomic mass is 10.0. The Labute approximate surface area is 146 Å². The van der Waals surface area contributed by atoms with E-state index in [2.05, 4.69) is 20.0 Å². The second kappa shape index (κ2) is 6.84. The van der Waals surface area contributed by atoms with Crippen molar-refractivity contribution in [3.63, 3.8) is 0 Å². The summed E-state index contributed by atoms with van der Waals surface area (Å²) >= 11 is 0. The van der Waals surface area contributed by atoms with E-state index in [-0.39, 0.29) is 6.04 Å². The molecular weight excluding hydrogens is 318 g/mol. The third-order valence-corrected chi connectivity index (χ3v) is 5.02. The molecule has 4 rings (SSSR count). The number of rotatable bonds is 4. The van der Waals surface area contributed by atoms with Crippen LogP contribution >= 0.6 is 0 Å². The highest BCUT2D eigenvalue weighted by Crippen LogP contribution is 2.32. The van der Waals surface area contributed by atoms with E-state index in [0.717, 1.165) is 42.7 Å². The Hall–Kier alpha value is -2.41. The molecule has 0 spiro atoms. The zero-order chi connectivity index (χ0) is 17.2. The molecule has 0 aromatic carbocycles. The summed E-state index contributed by atoms with van der Waals surface area (Å²) in [6.07, 6.45) is 9.57. The van der Waals surface area contributed by atoms with Gasteiger partial charge in [-0.05, 0) is 25.0 Å². The maximum atomic E-state index is 10.6. The quantitative estimate of drug-likeness (QED) is 0.786. The molecule has 0 amide bonds. The number of aliphatic hydroxyl groups excluding tert-OH is 1. The average molecular weight is 341 g/mol. The van der Waals surface area contributed by atoms with Crippen LogP contribution in [0.2, 0.25) is 0 Å². The number of fused-ring (bicyclic) bond motifs is 1. The Morgan fingerprint density at radius 1 is 1.32 bits per heavy atom. The van der Waals surface area contributed by atoms with Crippen LogP contribution in [0, 0.1) is 0 Å². The van der Waals surface area contributed by atoms with Gasteiger partial charge in [0.15, 0.2) is 5.65 Å². The van der Waals surface area contributed by atoms with Crippen molar-refractivity contribution in [1.29, 1.82) is 0 Å². The fourth-order valence-corrected chi connectivity index (χ4v) is 3.73. The minimum Gasteiger partial charge on any atom is -0.467 e. The first-order valence-electron chi connectivity index (χ1n) is 8.85. The Kier molecular flexibility index (Phi) is 4.40. The van der Waals surface area contributed by atoms with Crippen LogP contribution in [-0.4, -0.2) is 37.4 Å². The summed E-state index contributed by atoms with van der Waals surface area (Å²) in [7, 11) is 1.89. The van der Waals surface area contributed by atoms with E-state index >= 15 is 0 Å². The van der Waals surface area contributed by atoms with Gasteiger partial charge in [-0.2, -0.15) is 5.10 Å². The number of aromatic nitrogens is 4. The van der Waals surface area contributed by atoms with Crippen molar-refractivity contribution in [3.8, 4) is 0 Å². The highest BCUT2D eigenvalue weighted by Gasteiger charge is 2.28. The van der Waals surface area contributed by atoms with Crippen LogP contribution in [-0.2, 0) is 7.05 Å². The fourth-order valence-electron chi connectivity index (χ4n) is 3.73. The van der Waals surface area contributed by atoms with E-state index in [9.17, 15) is 5.11 Å². The van der Waals surface area contributed by atoms with Gasteiger partial charge in [-0.25, -0.2) is 9.97 Å². The monoisotopic (exact) mass is 341 g/mol. The highest BCUT2D eigenvalue weighted by molar-refractivity contribution is 5.86. The Bertz CT molecular complexity index is 829. The van der Waals surface area contributed by atoms with Gasteiger partial charge in [-0.15, -0.1) is 0 Å². The number of aliphatic hydroxyl groups is 1. The molecule has 1 fully saturated rings. The fraction of sp³-hybridized carbons (Fsp3) is 0.500. The summed E-state index contributed by atoms with van der Waals surface area (Å²) in [5.41, 5.74) is 0.833. The Morgan fingerprint density at radius 2 is 2.24 bits per heavy atom. The van der Waals surface area contributed by atoms with Crippen molar-refractivity contribution in [2.75, 3.05) is 11.4 Å². The molecule has 2 unspecified atom stereocenters. The van der Waals surface area contributed by atoms with E-state index in [1.807, 2.05) is 25.4 Å². The topological polar surface area (TPSA) is 80.2 Å². The van der Waals surface area contributed by atoms with Gasteiger partial charge in [0.05, 0.1) is 17.8 Å². The molecule has 3 aromatic heterocycles. The number of nitrogens with zero attached hydrogens (tertiary/aromatic N) is 5. The lowest BCUT2D eigenvalue weighted by Gasteiger charge is -2.32. The second-order valence-corrected chi connectivity index (χ2v) is 6.67. The zero-order valence-corrected chi connectivity index (χ0v) is 14.4. The number of anilines is 1. The summed E-state index contributed by atoms with van der Waals surface area (Å²) < 4.78 is 7.14. The Morgan fingerprint density at radius 3 is 3.08 bits per heavy atom. The second-order valence-electron chi connectivity index (χ2n) is 6.67. The molecule has 0 bridgehead atoms. The van der Waals surface area contributed by atoms with Gasteiger partial charge in [0.1, 0.15) is 24.0 Å². The smallest absolute Gasteiger partial charge is 0.163 e. The predicted molar refractivity (Wildman–Crippen MR) is 94.2 cm³/mol. The molecule has 7 nitrogen and oxygen atoms in total. The summed E-state index contributed by atoms with van der Waals surface area (Å²) in [5.74, 6) is 1.54. The van der Waals surface area contributed by atoms with E-state index in [4.69, 9.17) is 4.42 Å². The highest BCUT2D eigenvalue weighted by atomic mass is 16.4. The van der Waals surface area contributed by atoms with Crippen molar-refractivity contribution < 1.29 is 9.52 Å². The third-order valence-electron chi connectivity index (χ3n) is 5.02. The van der Waals surface area contributed by atoms with Gasteiger partial charge in [0, 0.05) is 26.1 Å². The number of hydrogen-bond acceptors (Lipinski definition) is 6. The molecule has 1 N–H and O–H groups in total. The lowest BCUT2D eigenvalue weighted by molar-refractivity contribution is 0.129. The number of furan rings is 1. The normalized spacial score (nSPS) is 19.9. The van der Waals surface area contributed by atoms with Crippen molar-refractivity contribution in [2.24, 2.45) is 7.05 Å². The van der Waals surface area contributed by atoms with E-state index in [0.29, 0.717) is 12.2 Å². The molecular formula is C18H23N5O2. The third kappa shape index (κ3) is 3.11. The lowest BCUT2D eigenvalue weighted by Crippen LogP contribution is -2.37. The maximum Gasteiger partial charge on any atom is 0.163 e. The first-order chi connectivity index (χ1) is 12.2. The average Bonchev–Trinajstić information content (AvgIpc) is 3.22. The first-order valence-corrected chi connectivity index (χ1v) is 8.85. The molecule has 1 aliphatic heterocycles. The van der Waals surface area contributed by atoms with Crippen LogP contribution in [0.5, 0.6) is 0 Å². The van der Waals surface area contributed by atoms with E-state index in [1.165, 1.54) is 6.42 Å². The minimum atomic E-state index is -0.605.